The van der Waals surface area contributed by atoms with E-state index in [4.69, 9.17) is 4.52 Å². The molecule has 0 saturated heterocycles. The van der Waals surface area contributed by atoms with Crippen LogP contribution in [-0.2, 0) is 6.54 Å². The average Bonchev–Trinajstić information content (AvgIpc) is 2.96. The highest BCUT2D eigenvalue weighted by Gasteiger charge is 2.18. The fraction of sp³-hybridized carbons (Fsp3) is 0.111. The third-order valence-electron chi connectivity index (χ3n) is 3.70. The van der Waals surface area contributed by atoms with Crippen LogP contribution in [0.15, 0.2) is 51.5 Å². The Balaban J connectivity index is 1.74. The summed E-state index contributed by atoms with van der Waals surface area (Å²) in [7, 11) is 0. The molecule has 0 atom stereocenters. The van der Waals surface area contributed by atoms with Crippen LogP contribution in [0.2, 0.25) is 0 Å². The summed E-state index contributed by atoms with van der Waals surface area (Å²) >= 11 is 3.35. The van der Waals surface area contributed by atoms with Gasteiger partial charge in [0.25, 0.3) is 0 Å². The van der Waals surface area contributed by atoms with Crippen molar-refractivity contribution in [3.63, 3.8) is 0 Å². The predicted octanol–water partition coefficient (Wildman–Crippen LogP) is 5.01. The van der Waals surface area contributed by atoms with Gasteiger partial charge in [-0.2, -0.15) is 0 Å². The number of nitrogens with zero attached hydrogens (tertiary/aromatic N) is 1. The van der Waals surface area contributed by atoms with Crippen LogP contribution in [-0.4, -0.2) is 11.2 Å². The van der Waals surface area contributed by atoms with Gasteiger partial charge in [0.15, 0.2) is 5.76 Å². The molecule has 3 rings (SSSR count). The molecule has 8 heteroatoms. The zero-order valence-corrected chi connectivity index (χ0v) is 15.2. The minimum absolute atomic E-state index is 0.210. The molecule has 0 saturated carbocycles. The van der Waals surface area contributed by atoms with Gasteiger partial charge in [-0.3, -0.25) is 0 Å². The molecular formula is C18H14BrF2N3O2. The van der Waals surface area contributed by atoms with Crippen molar-refractivity contribution in [1.82, 2.24) is 10.5 Å². The predicted molar refractivity (Wildman–Crippen MR) is 96.6 cm³/mol. The molecule has 5 nitrogen and oxygen atoms in total. The monoisotopic (exact) mass is 421 g/mol. The van der Waals surface area contributed by atoms with Gasteiger partial charge in [0.05, 0.1) is 6.54 Å². The van der Waals surface area contributed by atoms with E-state index < -0.39 is 17.7 Å². The van der Waals surface area contributed by atoms with Gasteiger partial charge in [0.2, 0.25) is 0 Å². The summed E-state index contributed by atoms with van der Waals surface area (Å²) in [5, 5.41) is 8.91. The summed E-state index contributed by atoms with van der Waals surface area (Å²) in [6.45, 7) is 1.39. The van der Waals surface area contributed by atoms with Gasteiger partial charge < -0.3 is 15.2 Å². The number of rotatable bonds is 4. The molecule has 0 spiro atoms. The Morgan fingerprint density at radius 3 is 2.46 bits per heavy atom. The molecular weight excluding hydrogens is 408 g/mol. The molecule has 26 heavy (non-hydrogen) atoms. The first kappa shape index (κ1) is 18.1. The summed E-state index contributed by atoms with van der Waals surface area (Å²) < 4.78 is 33.4. The van der Waals surface area contributed by atoms with E-state index in [0.717, 1.165) is 22.2 Å². The van der Waals surface area contributed by atoms with Crippen molar-refractivity contribution in [2.45, 2.75) is 13.5 Å². The highest BCUT2D eigenvalue weighted by Crippen LogP contribution is 2.31. The summed E-state index contributed by atoms with van der Waals surface area (Å²) in [5.74, 6) is -1.05. The first-order chi connectivity index (χ1) is 12.5. The zero-order valence-electron chi connectivity index (χ0n) is 13.6. The van der Waals surface area contributed by atoms with Crippen molar-refractivity contribution in [1.29, 1.82) is 0 Å². The quantitative estimate of drug-likeness (QED) is 0.621. The molecule has 0 bridgehead atoms. The number of urea groups is 1. The molecule has 3 aromatic rings. The van der Waals surface area contributed by atoms with Crippen LogP contribution in [0.3, 0.4) is 0 Å². The largest absolute Gasteiger partial charge is 0.354 e. The van der Waals surface area contributed by atoms with E-state index in [9.17, 15) is 13.6 Å². The van der Waals surface area contributed by atoms with Crippen molar-refractivity contribution >= 4 is 27.6 Å². The number of nitrogens with one attached hydrogen (secondary N) is 2. The van der Waals surface area contributed by atoms with E-state index in [0.29, 0.717) is 17.1 Å². The van der Waals surface area contributed by atoms with Gasteiger partial charge in [0, 0.05) is 15.6 Å². The normalized spacial score (nSPS) is 10.6. The third-order valence-corrected chi connectivity index (χ3v) is 4.22. The minimum atomic E-state index is -0.720. The average molecular weight is 422 g/mol. The topological polar surface area (TPSA) is 67.2 Å². The van der Waals surface area contributed by atoms with Crippen molar-refractivity contribution in [2.24, 2.45) is 0 Å². The first-order valence-corrected chi connectivity index (χ1v) is 8.45. The number of hydrogen-bond acceptors (Lipinski definition) is 3. The maximum atomic E-state index is 13.6. The lowest BCUT2D eigenvalue weighted by Crippen LogP contribution is -2.29. The number of carbonyl (C=O) groups is 1. The minimum Gasteiger partial charge on any atom is -0.354 e. The second-order valence-electron chi connectivity index (χ2n) is 5.49. The Hall–Kier alpha value is -2.74. The Morgan fingerprint density at radius 1 is 1.15 bits per heavy atom. The maximum absolute atomic E-state index is 13.6. The smallest absolute Gasteiger partial charge is 0.319 e. The van der Waals surface area contributed by atoms with Crippen molar-refractivity contribution in [3.05, 3.63) is 69.8 Å². The third kappa shape index (κ3) is 3.91. The van der Waals surface area contributed by atoms with Crippen LogP contribution < -0.4 is 10.6 Å². The Labute approximate surface area is 156 Å². The number of anilines is 1. The van der Waals surface area contributed by atoms with Crippen molar-refractivity contribution < 1.29 is 18.1 Å². The lowest BCUT2D eigenvalue weighted by atomic mass is 10.1. The lowest BCUT2D eigenvalue weighted by Gasteiger charge is -2.09. The van der Waals surface area contributed by atoms with E-state index in [1.807, 2.05) is 24.3 Å². The lowest BCUT2D eigenvalue weighted by molar-refractivity contribution is 0.251. The van der Waals surface area contributed by atoms with Crippen LogP contribution in [0.5, 0.6) is 0 Å². The summed E-state index contributed by atoms with van der Waals surface area (Å²) in [5.41, 5.74) is 1.39. The van der Waals surface area contributed by atoms with Gasteiger partial charge >= 0.3 is 6.03 Å². The SMILES string of the molecule is Cc1noc(-c2ccc(Br)cc2)c1NC(=O)NCc1c(F)cccc1F. The molecule has 2 N–H and O–H groups in total. The summed E-state index contributed by atoms with van der Waals surface area (Å²) in [6.07, 6.45) is 0. The molecule has 0 unspecified atom stereocenters. The van der Waals surface area contributed by atoms with Gasteiger partial charge in [0.1, 0.15) is 23.0 Å². The van der Waals surface area contributed by atoms with Crippen molar-refractivity contribution in [2.75, 3.05) is 5.32 Å². The maximum Gasteiger partial charge on any atom is 0.319 e. The number of benzene rings is 2. The Morgan fingerprint density at radius 2 is 1.81 bits per heavy atom. The highest BCUT2D eigenvalue weighted by molar-refractivity contribution is 9.10. The molecule has 0 aliphatic heterocycles. The second-order valence-corrected chi connectivity index (χ2v) is 6.40. The Bertz CT molecular complexity index is 922. The van der Waals surface area contributed by atoms with Crippen LogP contribution in [0.4, 0.5) is 19.3 Å². The highest BCUT2D eigenvalue weighted by atomic mass is 79.9. The number of aryl methyl sites for hydroxylation is 1. The molecule has 2 aromatic carbocycles. The molecule has 1 aromatic heterocycles. The van der Waals surface area contributed by atoms with Crippen LogP contribution >= 0.6 is 15.9 Å². The number of hydrogen-bond donors (Lipinski definition) is 2. The van der Waals surface area contributed by atoms with Gasteiger partial charge in [-0.25, -0.2) is 13.6 Å². The first-order valence-electron chi connectivity index (χ1n) is 7.65. The number of aromatic nitrogens is 1. The van der Waals surface area contributed by atoms with E-state index >= 15 is 0 Å². The molecule has 0 aliphatic rings. The molecule has 1 heterocycles. The molecule has 134 valence electrons. The summed E-state index contributed by atoms with van der Waals surface area (Å²) in [4.78, 5) is 12.2. The fourth-order valence-electron chi connectivity index (χ4n) is 2.34. The van der Waals surface area contributed by atoms with E-state index in [-0.39, 0.29) is 12.1 Å². The van der Waals surface area contributed by atoms with Crippen molar-refractivity contribution in [3.8, 4) is 11.3 Å². The number of halogens is 3. The molecule has 0 fully saturated rings. The summed E-state index contributed by atoms with van der Waals surface area (Å²) in [6, 6.07) is 10.2. The van der Waals surface area contributed by atoms with Crippen LogP contribution in [0.1, 0.15) is 11.3 Å². The second kappa shape index (κ2) is 7.65. The standard InChI is InChI=1S/C18H14BrF2N3O2/c1-10-16(17(26-24-10)11-5-7-12(19)8-6-11)23-18(25)22-9-13-14(20)3-2-4-15(13)21/h2-8H,9H2,1H3,(H2,22,23,25). The number of carbonyl (C=O) groups excluding carboxylic acids is 1. The molecule has 2 amide bonds. The van der Waals surface area contributed by atoms with Crippen LogP contribution in [0.25, 0.3) is 11.3 Å². The van der Waals surface area contributed by atoms with Crippen LogP contribution in [0, 0.1) is 18.6 Å². The zero-order chi connectivity index (χ0) is 18.7. The van der Waals surface area contributed by atoms with E-state index in [1.54, 1.807) is 6.92 Å². The number of amides is 2. The fourth-order valence-corrected chi connectivity index (χ4v) is 2.61. The Kier molecular flexibility index (Phi) is 5.32. The van der Waals surface area contributed by atoms with Gasteiger partial charge in [-0.15, -0.1) is 0 Å². The molecule has 0 aliphatic carbocycles. The van der Waals surface area contributed by atoms with Gasteiger partial charge in [-0.05, 0) is 43.3 Å². The van der Waals surface area contributed by atoms with Gasteiger partial charge in [-0.1, -0.05) is 27.2 Å². The molecule has 0 radical (unpaired) electrons. The van der Waals surface area contributed by atoms with E-state index in [2.05, 4.69) is 31.7 Å². The van der Waals surface area contributed by atoms with E-state index in [1.165, 1.54) is 6.07 Å².